The van der Waals surface area contributed by atoms with E-state index in [1.54, 1.807) is 34.1 Å². The molecule has 0 bridgehead atoms. The van der Waals surface area contributed by atoms with Crippen molar-refractivity contribution < 1.29 is 24.2 Å². The summed E-state index contributed by atoms with van der Waals surface area (Å²) in [4.78, 5) is 45.5. The Morgan fingerprint density at radius 3 is 2.56 bits per heavy atom. The predicted molar refractivity (Wildman–Crippen MR) is 150 cm³/mol. The quantitative estimate of drug-likeness (QED) is 0.441. The summed E-state index contributed by atoms with van der Waals surface area (Å²) >= 11 is 7.61. The minimum atomic E-state index is -0.984. The van der Waals surface area contributed by atoms with Crippen LogP contribution in [-0.4, -0.2) is 69.6 Å². The van der Waals surface area contributed by atoms with Crippen LogP contribution in [0.4, 0.5) is 5.69 Å². The summed E-state index contributed by atoms with van der Waals surface area (Å²) in [5.74, 6) is -2.46. The van der Waals surface area contributed by atoms with Crippen LogP contribution in [0.1, 0.15) is 12.0 Å². The molecule has 2 amide bonds. The van der Waals surface area contributed by atoms with Crippen molar-refractivity contribution in [3.05, 3.63) is 89.5 Å². The number of aliphatic hydroxyl groups excluding tert-OH is 1. The fourth-order valence-corrected chi connectivity index (χ4v) is 8.54. The molecule has 2 fully saturated rings. The maximum absolute atomic E-state index is 14.5. The van der Waals surface area contributed by atoms with Gasteiger partial charge in [-0.3, -0.25) is 14.4 Å². The Kier molecular flexibility index (Phi) is 7.04. The van der Waals surface area contributed by atoms with Gasteiger partial charge in [-0.1, -0.05) is 66.2 Å². The number of rotatable bonds is 5. The van der Waals surface area contributed by atoms with Crippen molar-refractivity contribution in [2.75, 3.05) is 24.7 Å². The van der Waals surface area contributed by atoms with Crippen LogP contribution >= 0.6 is 23.4 Å². The van der Waals surface area contributed by atoms with E-state index in [0.717, 1.165) is 5.56 Å². The second kappa shape index (κ2) is 10.5. The van der Waals surface area contributed by atoms with Crippen LogP contribution in [0.15, 0.2) is 78.9 Å². The minimum absolute atomic E-state index is 0.246. The number of hydrogen-bond donors (Lipinski definition) is 1. The number of hydrogen-bond acceptors (Lipinski definition) is 6. The lowest BCUT2D eigenvalue weighted by Gasteiger charge is -2.38. The Bertz CT molecular complexity index is 1330. The minimum Gasteiger partial charge on any atom is -0.465 e. The molecule has 39 heavy (non-hydrogen) atoms. The fourth-order valence-electron chi connectivity index (χ4n) is 6.43. The Hall–Kier alpha value is -3.07. The summed E-state index contributed by atoms with van der Waals surface area (Å²) in [6, 6.07) is 15.1. The van der Waals surface area contributed by atoms with Gasteiger partial charge in [-0.25, -0.2) is 0 Å². The smallest absolute Gasteiger partial charge is 0.311 e. The number of amides is 2. The van der Waals surface area contributed by atoms with Gasteiger partial charge in [0.05, 0.1) is 35.8 Å². The summed E-state index contributed by atoms with van der Waals surface area (Å²) in [5.41, 5.74) is 1.61. The van der Waals surface area contributed by atoms with Crippen molar-refractivity contribution in [3.63, 3.8) is 0 Å². The lowest BCUT2D eigenvalue weighted by molar-refractivity contribution is -0.153. The molecule has 0 radical (unpaired) electrons. The number of nitrogens with zero attached hydrogens (tertiary/aromatic N) is 2. The zero-order chi connectivity index (χ0) is 27.1. The van der Waals surface area contributed by atoms with Crippen LogP contribution in [0, 0.1) is 11.8 Å². The molecule has 0 saturated carbocycles. The zero-order valence-electron chi connectivity index (χ0n) is 21.2. The number of cyclic esters (lactones) is 1. The highest BCUT2D eigenvalue weighted by molar-refractivity contribution is 8.02. The first-order valence-corrected chi connectivity index (χ1v) is 14.4. The standard InChI is InChI=1S/C30H29ClN2O5S/c31-20-10-12-21(13-11-20)32-15-6-14-30-25(24-23(39-30)9-4-5-16-38-29(24)37)27(35)33(26(30)28(32)36)22(18-34)17-19-7-2-1-3-8-19/h1-4,6-14,22-26,34H,5,15-18H2/t22-,23-,24+,25+,26?,30+/m1/s1. The molecule has 2 saturated heterocycles. The van der Waals surface area contributed by atoms with Gasteiger partial charge < -0.3 is 19.6 Å². The molecule has 1 unspecified atom stereocenters. The van der Waals surface area contributed by atoms with Crippen LogP contribution in [0.5, 0.6) is 0 Å². The molecule has 0 aromatic heterocycles. The Labute approximate surface area is 236 Å². The topological polar surface area (TPSA) is 87.2 Å². The number of anilines is 1. The van der Waals surface area contributed by atoms with Gasteiger partial charge in [-0.2, -0.15) is 0 Å². The Balaban J connectivity index is 1.47. The van der Waals surface area contributed by atoms with Gasteiger partial charge in [0.25, 0.3) is 5.91 Å². The maximum atomic E-state index is 14.5. The molecule has 9 heteroatoms. The highest BCUT2D eigenvalue weighted by Gasteiger charge is 2.71. The largest absolute Gasteiger partial charge is 0.465 e. The molecule has 6 atom stereocenters. The third-order valence-corrected chi connectivity index (χ3v) is 10.1. The number of carbonyl (C=O) groups is 3. The molecule has 4 aliphatic rings. The number of aliphatic hydroxyl groups is 1. The fraction of sp³-hybridized carbons (Fsp3) is 0.367. The highest BCUT2D eigenvalue weighted by Crippen LogP contribution is 2.61. The van der Waals surface area contributed by atoms with E-state index in [1.807, 2.05) is 54.6 Å². The van der Waals surface area contributed by atoms with Gasteiger partial charge in [0, 0.05) is 22.5 Å². The van der Waals surface area contributed by atoms with E-state index < -0.39 is 34.6 Å². The first kappa shape index (κ1) is 26.2. The van der Waals surface area contributed by atoms with Crippen LogP contribution < -0.4 is 4.90 Å². The van der Waals surface area contributed by atoms with E-state index in [2.05, 4.69) is 0 Å². The number of benzene rings is 2. The lowest BCUT2D eigenvalue weighted by Crippen LogP contribution is -2.57. The van der Waals surface area contributed by atoms with E-state index in [-0.39, 0.29) is 30.3 Å². The number of esters is 1. The summed E-state index contributed by atoms with van der Waals surface area (Å²) in [6.07, 6.45) is 8.85. The van der Waals surface area contributed by atoms with Crippen molar-refractivity contribution in [1.82, 2.24) is 4.90 Å². The second-order valence-corrected chi connectivity index (χ2v) is 12.2. The molecule has 1 N–H and O–H groups in total. The van der Waals surface area contributed by atoms with Crippen LogP contribution in [0.3, 0.4) is 0 Å². The molecule has 2 aromatic carbocycles. The maximum Gasteiger partial charge on any atom is 0.311 e. The molecule has 1 spiro atoms. The Morgan fingerprint density at radius 2 is 1.82 bits per heavy atom. The molecular weight excluding hydrogens is 536 g/mol. The van der Waals surface area contributed by atoms with Crippen LogP contribution in [-0.2, 0) is 25.5 Å². The second-order valence-electron chi connectivity index (χ2n) is 10.3. The first-order chi connectivity index (χ1) is 18.9. The van der Waals surface area contributed by atoms with Gasteiger partial charge in [0.1, 0.15) is 6.04 Å². The molecule has 0 aliphatic carbocycles. The van der Waals surface area contributed by atoms with E-state index in [9.17, 15) is 19.5 Å². The molecule has 7 nitrogen and oxygen atoms in total. The molecule has 202 valence electrons. The van der Waals surface area contributed by atoms with Gasteiger partial charge in [-0.05, 0) is 42.7 Å². The van der Waals surface area contributed by atoms with Crippen molar-refractivity contribution >= 4 is 46.8 Å². The zero-order valence-corrected chi connectivity index (χ0v) is 22.8. The lowest BCUT2D eigenvalue weighted by atomic mass is 9.78. The summed E-state index contributed by atoms with van der Waals surface area (Å²) < 4.78 is 4.57. The number of fused-ring (bicyclic) bond motifs is 2. The van der Waals surface area contributed by atoms with Crippen LogP contribution in [0.25, 0.3) is 0 Å². The predicted octanol–water partition coefficient (Wildman–Crippen LogP) is 3.65. The van der Waals surface area contributed by atoms with Crippen molar-refractivity contribution in [3.8, 4) is 0 Å². The molecule has 4 heterocycles. The van der Waals surface area contributed by atoms with E-state index >= 15 is 0 Å². The van der Waals surface area contributed by atoms with Gasteiger partial charge in [0.2, 0.25) is 5.91 Å². The van der Waals surface area contributed by atoms with E-state index in [0.29, 0.717) is 30.1 Å². The SMILES string of the molecule is O=C1OCCC=C[C@H]2S[C@]34C=CCN(c5ccc(Cl)cc5)C(=O)C3N([C@@H](CO)Cc3ccccc3)C(=O)[C@@H]4[C@@H]12. The number of ether oxygens (including phenoxy) is 1. The third-order valence-electron chi connectivity index (χ3n) is 8.12. The molecular formula is C30H29ClN2O5S. The monoisotopic (exact) mass is 564 g/mol. The molecule has 4 aliphatic heterocycles. The number of carbonyl (C=O) groups excluding carboxylic acids is 3. The van der Waals surface area contributed by atoms with Gasteiger partial charge >= 0.3 is 5.97 Å². The van der Waals surface area contributed by atoms with Gasteiger partial charge in [-0.15, -0.1) is 11.8 Å². The molecule has 2 aromatic rings. The number of halogens is 1. The number of thioether (sulfide) groups is 1. The summed E-state index contributed by atoms with van der Waals surface area (Å²) in [6.45, 7) is 0.254. The Morgan fingerprint density at radius 1 is 1.05 bits per heavy atom. The summed E-state index contributed by atoms with van der Waals surface area (Å²) in [7, 11) is 0. The van der Waals surface area contributed by atoms with Crippen molar-refractivity contribution in [1.29, 1.82) is 0 Å². The average Bonchev–Trinajstić information content (AvgIpc) is 3.32. The normalized spacial score (nSPS) is 30.7. The van der Waals surface area contributed by atoms with Crippen molar-refractivity contribution in [2.45, 2.75) is 34.9 Å². The van der Waals surface area contributed by atoms with E-state index in [1.165, 1.54) is 11.8 Å². The third kappa shape index (κ3) is 4.39. The van der Waals surface area contributed by atoms with Gasteiger partial charge in [0.15, 0.2) is 0 Å². The van der Waals surface area contributed by atoms with E-state index in [4.69, 9.17) is 16.3 Å². The molecule has 6 rings (SSSR count). The van der Waals surface area contributed by atoms with Crippen LogP contribution in [0.2, 0.25) is 5.02 Å². The highest BCUT2D eigenvalue weighted by atomic mass is 35.5. The first-order valence-electron chi connectivity index (χ1n) is 13.2. The summed E-state index contributed by atoms with van der Waals surface area (Å²) in [5, 5.41) is 10.9. The number of likely N-dealkylation sites (tertiary alicyclic amines) is 1. The van der Waals surface area contributed by atoms with Crippen molar-refractivity contribution in [2.24, 2.45) is 11.8 Å². The average molecular weight is 565 g/mol.